The summed E-state index contributed by atoms with van der Waals surface area (Å²) in [5, 5.41) is 9.36. The van der Waals surface area contributed by atoms with E-state index in [1.165, 1.54) is 0 Å². The number of nitrogens with zero attached hydrogens (tertiary/aromatic N) is 1. The van der Waals surface area contributed by atoms with Gasteiger partial charge in [-0.25, -0.2) is 0 Å². The van der Waals surface area contributed by atoms with E-state index in [2.05, 4.69) is 39.3 Å². The highest BCUT2D eigenvalue weighted by Gasteiger charge is 2.21. The molecule has 0 bridgehead atoms. The van der Waals surface area contributed by atoms with Crippen molar-refractivity contribution in [1.82, 2.24) is 0 Å². The molecule has 0 aliphatic heterocycles. The lowest BCUT2D eigenvalue weighted by Gasteiger charge is -2.18. The Morgan fingerprint density at radius 3 is 1.97 bits per heavy atom. The quantitative estimate of drug-likeness (QED) is 0.133. The predicted octanol–water partition coefficient (Wildman–Crippen LogP) is 5.31. The van der Waals surface area contributed by atoms with E-state index in [0.29, 0.717) is 24.7 Å². The van der Waals surface area contributed by atoms with Crippen LogP contribution in [0, 0.1) is 17.2 Å². The molecule has 0 saturated heterocycles. The van der Waals surface area contributed by atoms with Crippen LogP contribution < -0.4 is 9.47 Å². The van der Waals surface area contributed by atoms with Crippen molar-refractivity contribution in [3.8, 4) is 17.6 Å². The predicted molar refractivity (Wildman–Crippen MR) is 135 cm³/mol. The van der Waals surface area contributed by atoms with E-state index < -0.39 is 28.0 Å². The summed E-state index contributed by atoms with van der Waals surface area (Å²) in [5.74, 6) is -0.365. The number of ether oxygens (including phenoxy) is 5. The molecule has 33 heavy (non-hydrogen) atoms. The first-order valence-corrected chi connectivity index (χ1v) is 19.0. The summed E-state index contributed by atoms with van der Waals surface area (Å²) in [5.41, 5.74) is 0.777. The lowest BCUT2D eigenvalue weighted by molar-refractivity contribution is -0.145. The molecule has 0 spiro atoms. The van der Waals surface area contributed by atoms with Crippen molar-refractivity contribution in [3.05, 3.63) is 23.8 Å². The molecule has 0 aliphatic rings. The Balaban J connectivity index is 2.79. The van der Waals surface area contributed by atoms with Crippen LogP contribution in [-0.2, 0) is 25.4 Å². The molecular weight excluding hydrogens is 454 g/mol. The van der Waals surface area contributed by atoms with Gasteiger partial charge in [0.15, 0.2) is 25.1 Å². The number of hydrogen-bond donors (Lipinski definition) is 0. The maximum atomic E-state index is 12.0. The largest absolute Gasteiger partial charge is 0.465 e. The fourth-order valence-electron chi connectivity index (χ4n) is 2.66. The van der Waals surface area contributed by atoms with Crippen LogP contribution in [0.3, 0.4) is 0 Å². The number of nitriles is 1. The van der Waals surface area contributed by atoms with Crippen LogP contribution in [-0.4, -0.2) is 55.5 Å². The van der Waals surface area contributed by atoms with Gasteiger partial charge in [0.25, 0.3) is 0 Å². The molecule has 0 N–H and O–H groups in total. The van der Waals surface area contributed by atoms with E-state index in [9.17, 15) is 10.1 Å². The summed E-state index contributed by atoms with van der Waals surface area (Å²) >= 11 is 0. The van der Waals surface area contributed by atoms with Crippen molar-refractivity contribution in [1.29, 1.82) is 5.26 Å². The molecular formula is C24H41NO6Si2. The van der Waals surface area contributed by atoms with Crippen molar-refractivity contribution >= 4 is 22.1 Å². The first kappa shape index (κ1) is 29.2. The van der Waals surface area contributed by atoms with E-state index in [1.807, 2.05) is 12.1 Å². The van der Waals surface area contributed by atoms with Gasteiger partial charge in [0, 0.05) is 29.4 Å². The molecule has 1 aromatic rings. The molecule has 0 radical (unpaired) electrons. The van der Waals surface area contributed by atoms with Crippen molar-refractivity contribution < 1.29 is 28.5 Å². The van der Waals surface area contributed by atoms with E-state index >= 15 is 0 Å². The lowest BCUT2D eigenvalue weighted by atomic mass is 10.0. The fraction of sp³-hybridized carbons (Fsp3) is 0.667. The highest BCUT2D eigenvalue weighted by Crippen LogP contribution is 2.30. The van der Waals surface area contributed by atoms with Crippen LogP contribution in [0.1, 0.15) is 12.5 Å². The minimum Gasteiger partial charge on any atom is -0.465 e. The SMILES string of the molecule is CCOC(=O)C(C#N)Cc1ccc(OCOCC[Si](C)(C)C)c(OCOCC[Si](C)(C)C)c1. The smallest absolute Gasteiger partial charge is 0.323 e. The van der Waals surface area contributed by atoms with Crippen LogP contribution in [0.2, 0.25) is 51.4 Å². The summed E-state index contributed by atoms with van der Waals surface area (Å²) in [6.45, 7) is 17.3. The van der Waals surface area contributed by atoms with Crippen LogP contribution in [0.5, 0.6) is 11.5 Å². The van der Waals surface area contributed by atoms with Gasteiger partial charge in [0.05, 0.1) is 12.7 Å². The molecule has 1 atom stereocenters. The number of carbonyl (C=O) groups is 1. The van der Waals surface area contributed by atoms with Gasteiger partial charge in [-0.3, -0.25) is 4.79 Å². The van der Waals surface area contributed by atoms with E-state index in [-0.39, 0.29) is 26.6 Å². The summed E-state index contributed by atoms with van der Waals surface area (Å²) in [6, 6.07) is 9.50. The third-order valence-corrected chi connectivity index (χ3v) is 8.17. The molecule has 0 heterocycles. The Morgan fingerprint density at radius 1 is 0.939 bits per heavy atom. The van der Waals surface area contributed by atoms with Crippen molar-refractivity contribution in [2.75, 3.05) is 33.4 Å². The van der Waals surface area contributed by atoms with Gasteiger partial charge < -0.3 is 23.7 Å². The molecule has 1 unspecified atom stereocenters. The highest BCUT2D eigenvalue weighted by molar-refractivity contribution is 6.76. The van der Waals surface area contributed by atoms with Gasteiger partial charge in [-0.05, 0) is 43.1 Å². The van der Waals surface area contributed by atoms with Crippen molar-refractivity contribution in [3.63, 3.8) is 0 Å². The number of benzene rings is 1. The zero-order valence-corrected chi connectivity index (χ0v) is 23.4. The van der Waals surface area contributed by atoms with E-state index in [4.69, 9.17) is 23.7 Å². The van der Waals surface area contributed by atoms with Gasteiger partial charge in [-0.2, -0.15) is 5.26 Å². The van der Waals surface area contributed by atoms with Gasteiger partial charge in [-0.15, -0.1) is 0 Å². The zero-order valence-electron chi connectivity index (χ0n) is 21.4. The summed E-state index contributed by atoms with van der Waals surface area (Å²) in [4.78, 5) is 12.0. The Hall–Kier alpha value is -1.87. The minimum absolute atomic E-state index is 0.0975. The Kier molecular flexibility index (Phi) is 12.7. The average Bonchev–Trinajstić information content (AvgIpc) is 2.71. The van der Waals surface area contributed by atoms with Crippen molar-refractivity contribution in [2.45, 2.75) is 64.7 Å². The first-order valence-electron chi connectivity index (χ1n) is 11.6. The highest BCUT2D eigenvalue weighted by atomic mass is 28.3. The van der Waals surface area contributed by atoms with Gasteiger partial charge in [-0.1, -0.05) is 45.3 Å². The maximum absolute atomic E-state index is 12.0. The van der Waals surface area contributed by atoms with Gasteiger partial charge in [0.1, 0.15) is 5.92 Å². The minimum atomic E-state index is -1.18. The molecule has 186 valence electrons. The van der Waals surface area contributed by atoms with Gasteiger partial charge >= 0.3 is 5.97 Å². The molecule has 0 aromatic heterocycles. The summed E-state index contributed by atoms with van der Waals surface area (Å²) in [7, 11) is -2.34. The van der Waals surface area contributed by atoms with E-state index in [0.717, 1.165) is 17.7 Å². The van der Waals surface area contributed by atoms with Crippen LogP contribution in [0.25, 0.3) is 0 Å². The van der Waals surface area contributed by atoms with Crippen LogP contribution in [0.4, 0.5) is 0 Å². The maximum Gasteiger partial charge on any atom is 0.323 e. The molecule has 0 aliphatic carbocycles. The number of hydrogen-bond acceptors (Lipinski definition) is 7. The fourth-order valence-corrected chi connectivity index (χ4v) is 4.17. The average molecular weight is 496 g/mol. The van der Waals surface area contributed by atoms with Crippen molar-refractivity contribution in [2.24, 2.45) is 5.92 Å². The molecule has 0 fully saturated rings. The number of carbonyl (C=O) groups excluding carboxylic acids is 1. The van der Waals surface area contributed by atoms with Crippen LogP contribution in [0.15, 0.2) is 18.2 Å². The van der Waals surface area contributed by atoms with Crippen LogP contribution >= 0.6 is 0 Å². The van der Waals surface area contributed by atoms with E-state index in [1.54, 1.807) is 19.1 Å². The molecule has 1 rings (SSSR count). The first-order chi connectivity index (χ1) is 15.4. The second-order valence-corrected chi connectivity index (χ2v) is 21.6. The molecule has 0 amide bonds. The molecule has 9 heteroatoms. The second kappa shape index (κ2) is 14.4. The third-order valence-electron chi connectivity index (χ3n) is 4.76. The normalized spacial score (nSPS) is 12.7. The Morgan fingerprint density at radius 2 is 1.48 bits per heavy atom. The lowest BCUT2D eigenvalue weighted by Crippen LogP contribution is -2.22. The third kappa shape index (κ3) is 13.4. The monoisotopic (exact) mass is 495 g/mol. The molecule has 1 aromatic carbocycles. The second-order valence-electron chi connectivity index (χ2n) is 10.4. The molecule has 7 nitrogen and oxygen atoms in total. The number of esters is 1. The summed E-state index contributed by atoms with van der Waals surface area (Å²) in [6.07, 6.45) is 0.231. The molecule has 0 saturated carbocycles. The topological polar surface area (TPSA) is 87.0 Å². The van der Waals surface area contributed by atoms with Gasteiger partial charge in [0.2, 0.25) is 0 Å². The summed E-state index contributed by atoms with van der Waals surface area (Å²) < 4.78 is 27.9. The Bertz CT molecular complexity index is 768. The number of rotatable bonds is 16. The standard InChI is InChI=1S/C24H41NO6Si2/c1-8-29-24(26)21(17-25)15-20-9-10-22(30-18-27-11-13-32(2,3)4)23(16-20)31-19-28-12-14-33(5,6)7/h9-10,16,21H,8,11-15,18-19H2,1-7H3. The Labute approximate surface area is 201 Å². The zero-order chi connectivity index (χ0) is 24.9.